The van der Waals surface area contributed by atoms with Gasteiger partial charge in [-0.15, -0.1) is 0 Å². The van der Waals surface area contributed by atoms with Gasteiger partial charge >= 0.3 is 8.25 Å². The molecule has 29 heteroatoms. The molecule has 2 unspecified atom stereocenters. The zero-order valence-corrected chi connectivity index (χ0v) is 48.8. The van der Waals surface area contributed by atoms with Crippen LogP contribution < -0.4 is 31.1 Å². The van der Waals surface area contributed by atoms with Gasteiger partial charge in [-0.05, 0) is 72.4 Å². The van der Waals surface area contributed by atoms with Crippen LogP contribution in [-0.4, -0.2) is 201 Å². The van der Waals surface area contributed by atoms with E-state index < -0.39 is 167 Å². The molecule has 3 heterocycles. The molecule has 7 rings (SSSR count). The summed E-state index contributed by atoms with van der Waals surface area (Å²) in [6.07, 6.45) is -13.8. The topological polar surface area (TPSA) is 424 Å². The van der Waals surface area contributed by atoms with E-state index in [4.69, 9.17) is 14.9 Å². The van der Waals surface area contributed by atoms with Gasteiger partial charge in [0.25, 0.3) is 5.91 Å². The average molecular weight is 1240 g/mol. The first-order valence-electron chi connectivity index (χ1n) is 27.9. The van der Waals surface area contributed by atoms with Gasteiger partial charge in [-0.3, -0.25) is 38.3 Å². The van der Waals surface area contributed by atoms with Crippen LogP contribution in [0.15, 0.2) is 103 Å². The van der Waals surface area contributed by atoms with Crippen molar-refractivity contribution in [3.8, 4) is 28.0 Å². The van der Waals surface area contributed by atoms with Crippen molar-refractivity contribution >= 4 is 49.6 Å². The van der Waals surface area contributed by atoms with Crippen molar-refractivity contribution in [2.24, 2.45) is 5.92 Å². The van der Waals surface area contributed by atoms with E-state index in [1.165, 1.54) is 25.5 Å². The third-order valence-corrected chi connectivity index (χ3v) is 15.4. The van der Waals surface area contributed by atoms with Crippen molar-refractivity contribution in [2.45, 2.75) is 145 Å². The molecule has 4 aromatic rings. The molecule has 0 spiro atoms. The van der Waals surface area contributed by atoms with Gasteiger partial charge in [-0.25, -0.2) is 9.78 Å². The highest BCUT2D eigenvalue weighted by Crippen LogP contribution is 2.31. The molecule has 0 radical (unpaired) electrons. The molecule has 7 amide bonds. The van der Waals surface area contributed by atoms with E-state index in [9.17, 15) is 79.0 Å². The number of nitrogens with one attached hydrogen (secondary N) is 5. The molecule has 474 valence electrons. The molecule has 3 aliphatic heterocycles. The number of aliphatic hydroxyl groups is 9. The third kappa shape index (κ3) is 18.1. The van der Waals surface area contributed by atoms with E-state index in [2.05, 4.69) is 38.2 Å². The summed E-state index contributed by atoms with van der Waals surface area (Å²) in [7, 11) is -3.03. The Hall–Kier alpha value is -7.44. The second-order valence-corrected chi connectivity index (χ2v) is 22.2. The Kier molecular flexibility index (Phi) is 26.3. The van der Waals surface area contributed by atoms with Gasteiger partial charge in [0.05, 0.1) is 29.1 Å². The van der Waals surface area contributed by atoms with Crippen molar-refractivity contribution in [3.63, 3.8) is 0 Å². The molecule has 0 aromatic heterocycles. The Balaban J connectivity index is 0.00000187. The number of nitrogens with zero attached hydrogens (tertiary/aromatic N) is 2. The summed E-state index contributed by atoms with van der Waals surface area (Å²) < 4.78 is 20.0. The minimum atomic E-state index is -3.03. The molecule has 3 fully saturated rings. The predicted molar refractivity (Wildman–Crippen MR) is 308 cm³/mol. The van der Waals surface area contributed by atoms with Gasteiger partial charge in [0, 0.05) is 48.6 Å². The van der Waals surface area contributed by atoms with Crippen molar-refractivity contribution in [1.82, 2.24) is 36.4 Å². The summed E-state index contributed by atoms with van der Waals surface area (Å²) in [5, 5.41) is 118. The lowest BCUT2D eigenvalue weighted by Gasteiger charge is -2.34. The third-order valence-electron chi connectivity index (χ3n) is 14.9. The van der Waals surface area contributed by atoms with Crippen LogP contribution in [0.1, 0.15) is 81.8 Å². The lowest BCUT2D eigenvalue weighted by atomic mass is 9.96. The minimum absolute atomic E-state index is 0. The number of aliphatic hydroxyl groups excluding tert-OH is 9. The number of hydrogen-bond acceptors (Lipinski definition) is 20. The molecule has 3 aliphatic rings. The Bertz CT molecular complexity index is 2970. The van der Waals surface area contributed by atoms with Crippen LogP contribution in [0.4, 0.5) is 4.70 Å². The van der Waals surface area contributed by atoms with E-state index in [1.807, 2.05) is 54.6 Å². The fraction of sp³-hybridized carbons (Fsp3) is 0.466. The maximum absolute atomic E-state index is 14.5. The number of amides is 7. The van der Waals surface area contributed by atoms with Crippen molar-refractivity contribution < 1.29 is 103 Å². The lowest BCUT2D eigenvalue weighted by molar-refractivity contribution is -0.148. The van der Waals surface area contributed by atoms with E-state index in [0.717, 1.165) is 77.4 Å². The average Bonchev–Trinajstić information content (AvgIpc) is 3.73. The maximum atomic E-state index is 14.5. The lowest BCUT2D eigenvalue weighted by Crippen LogP contribution is -2.64. The summed E-state index contributed by atoms with van der Waals surface area (Å²) in [6, 6.07) is 16.1. The van der Waals surface area contributed by atoms with Gasteiger partial charge in [0.2, 0.25) is 35.4 Å². The Morgan fingerprint density at radius 3 is 1.72 bits per heavy atom. The van der Waals surface area contributed by atoms with Gasteiger partial charge < -0.3 is 82.3 Å². The number of unbranched alkanes of at least 4 members (excludes halogenated alkanes) is 2. The zero-order valence-electron chi connectivity index (χ0n) is 47.9. The van der Waals surface area contributed by atoms with E-state index >= 15 is 0 Å². The fourth-order valence-electron chi connectivity index (χ4n) is 10.1. The van der Waals surface area contributed by atoms with Gasteiger partial charge in [-0.1, -0.05) is 106 Å². The number of carbonyl (C=O) groups excluding carboxylic acids is 7. The molecule has 4 aromatic carbocycles. The van der Waals surface area contributed by atoms with Gasteiger partial charge in [0.15, 0.2) is 12.0 Å². The summed E-state index contributed by atoms with van der Waals surface area (Å²) >= 11 is 0. The first-order chi connectivity index (χ1) is 40.9. The zero-order chi connectivity index (χ0) is 63.1. The highest BCUT2D eigenvalue weighted by atomic mass is 31.1. The molecular formula is C58H76FN7O20P+. The number of fused-ring (bicyclic) bond motifs is 2. The van der Waals surface area contributed by atoms with Crippen LogP contribution in [0.5, 0.6) is 5.75 Å². The van der Waals surface area contributed by atoms with E-state index in [0.29, 0.717) is 12.2 Å². The Morgan fingerprint density at radius 2 is 1.20 bits per heavy atom. The van der Waals surface area contributed by atoms with Gasteiger partial charge in [0.1, 0.15) is 54.6 Å². The van der Waals surface area contributed by atoms with Crippen LogP contribution in [0, 0.1) is 5.92 Å². The smallest absolute Gasteiger partial charge is 0.396 e. The molecular weight excluding hydrogens is 1160 g/mol. The SMILES string of the molecule is CCCCCO.C[C@@H](O)[C@@H]1NC(=O)[C@H]([C@H](O)[C@@H](O)c2ccc(O[P+](=O)OO)cc2)NC(=O)[C@@H]2C[C@@H](O)CN2C(=O)[C@H]([C@@H](C)O)NC(=O)C(NC(=O)c2ccc(-c3ccc(-c4ccccc4)cc3)cc2)C[C@@H](O)[C@@H](O)NC(=O)[C@@H]2[C@@H](O)[C@@H](C)CN2C1=O.F. The molecule has 87 heavy (non-hydrogen) atoms. The molecule has 3 saturated heterocycles. The van der Waals surface area contributed by atoms with E-state index in [1.54, 1.807) is 12.1 Å². The fourth-order valence-corrected chi connectivity index (χ4v) is 10.4. The second kappa shape index (κ2) is 32.5. The second-order valence-electron chi connectivity index (χ2n) is 21.4. The summed E-state index contributed by atoms with van der Waals surface area (Å²) in [5.41, 5.74) is 3.33. The van der Waals surface area contributed by atoms with Crippen molar-refractivity contribution in [1.29, 1.82) is 0 Å². The molecule has 15 N–H and O–H groups in total. The predicted octanol–water partition coefficient (Wildman–Crippen LogP) is -0.354. The van der Waals surface area contributed by atoms with Crippen LogP contribution in [0.25, 0.3) is 22.3 Å². The van der Waals surface area contributed by atoms with E-state index in [-0.39, 0.29) is 21.6 Å². The molecule has 0 aliphatic carbocycles. The standard InChI is InChI=1S/C53H62N7O19P.C5H12O.FH/c1-25-23-60-42(43(25)65)51(73)58-49(71)38(64)22-36(54-46(68)33-15-13-31(14-16-33)30-11-9-29(10-12-30)28-7-5-4-6-8-28)47(69)55-39(26(2)61)52(74)59-24-34(63)21-37(59)48(70)57-41(50(72)56-40(27(3)62)53(60)75)45(67)44(66)32-17-19-35(20-18-32)78-80(77)79-76;1-2-3-4-5-6;/h4-20,25-27,34,36-45,49,61-67,71H,21-24H2,1-3H3,(H5-,54,55,56,57,58,68,69,70,72,73,76);6H,2-5H2,1H3;1H/p+1/t25-,26+,27+,34+,36?,37-,38+,39-,40-,41-,42-,43-,44-,45-,49+;;/m0../s1. The molecule has 0 bridgehead atoms. The summed E-state index contributed by atoms with van der Waals surface area (Å²) in [5.74, 6) is -9.61. The number of halogens is 1. The minimum Gasteiger partial charge on any atom is -0.396 e. The number of benzene rings is 4. The summed E-state index contributed by atoms with van der Waals surface area (Å²) in [4.78, 5) is 102. The largest absolute Gasteiger partial charge is 0.781 e. The first-order valence-corrected chi connectivity index (χ1v) is 29.0. The number of carbonyl (C=O) groups is 7. The Morgan fingerprint density at radius 1 is 0.667 bits per heavy atom. The molecule has 27 nitrogen and oxygen atoms in total. The normalized spacial score (nSPS) is 26.5. The highest BCUT2D eigenvalue weighted by molar-refractivity contribution is 7.33. The van der Waals surface area contributed by atoms with Crippen molar-refractivity contribution in [3.05, 3.63) is 114 Å². The number of rotatable bonds is 15. The Labute approximate surface area is 500 Å². The number of hydrogen-bond donors (Lipinski definition) is 15. The van der Waals surface area contributed by atoms with Crippen LogP contribution in [0.2, 0.25) is 0 Å². The van der Waals surface area contributed by atoms with Crippen LogP contribution in [-0.2, 0) is 38.0 Å². The summed E-state index contributed by atoms with van der Waals surface area (Å²) in [6.45, 7) is 5.05. The van der Waals surface area contributed by atoms with Crippen LogP contribution in [0.3, 0.4) is 0 Å². The quantitative estimate of drug-likeness (QED) is 0.0313. The maximum Gasteiger partial charge on any atom is 0.781 e. The molecule has 0 saturated carbocycles. The first kappa shape index (κ1) is 70.3. The van der Waals surface area contributed by atoms with Crippen LogP contribution >= 0.6 is 8.25 Å². The monoisotopic (exact) mass is 1240 g/mol. The molecule has 16 atom stereocenters. The van der Waals surface area contributed by atoms with Crippen molar-refractivity contribution in [2.75, 3.05) is 19.7 Å². The highest BCUT2D eigenvalue weighted by Gasteiger charge is 2.50. The van der Waals surface area contributed by atoms with Gasteiger partial charge in [-0.2, -0.15) is 0 Å².